The van der Waals surface area contributed by atoms with Gasteiger partial charge in [0.05, 0.1) is 0 Å². The minimum Gasteiger partial charge on any atom is -0.294 e. The van der Waals surface area contributed by atoms with Gasteiger partial charge in [0.2, 0.25) is 0 Å². The van der Waals surface area contributed by atoms with Gasteiger partial charge in [0.25, 0.3) is 0 Å². The number of Topliss-reactive ketones (excluding diaryl/α,β-unsaturated/α-hetero) is 1. The Labute approximate surface area is 111 Å². The van der Waals surface area contributed by atoms with E-state index in [2.05, 4.69) is 19.1 Å². The van der Waals surface area contributed by atoms with Gasteiger partial charge in [-0.2, -0.15) is 0 Å². The summed E-state index contributed by atoms with van der Waals surface area (Å²) in [6.45, 7) is 6.32. The van der Waals surface area contributed by atoms with E-state index in [-0.39, 0.29) is 0 Å². The van der Waals surface area contributed by atoms with Crippen LogP contribution in [-0.4, -0.2) is 5.78 Å². The van der Waals surface area contributed by atoms with Gasteiger partial charge < -0.3 is 0 Å². The van der Waals surface area contributed by atoms with Crippen LogP contribution in [0.3, 0.4) is 0 Å². The number of benzene rings is 1. The molecule has 3 rings (SSSR count). The fourth-order valence-electron chi connectivity index (χ4n) is 3.61. The molecule has 0 saturated heterocycles. The molecule has 0 N–H and O–H groups in total. The maximum absolute atomic E-state index is 12.1. The quantitative estimate of drug-likeness (QED) is 0.639. The van der Waals surface area contributed by atoms with Crippen molar-refractivity contribution < 1.29 is 4.79 Å². The second-order valence-electron chi connectivity index (χ2n) is 5.39. The van der Waals surface area contributed by atoms with Crippen LogP contribution in [0.4, 0.5) is 0 Å². The van der Waals surface area contributed by atoms with Crippen LogP contribution in [0.25, 0.3) is 0 Å². The average molecular weight is 244 g/mol. The summed E-state index contributed by atoms with van der Waals surface area (Å²) in [7, 11) is 0. The van der Waals surface area contributed by atoms with E-state index in [1.54, 1.807) is 0 Å². The molecule has 0 radical (unpaired) electrons. The molecule has 98 valence electrons. The molecule has 1 saturated carbocycles. The number of fused-ring (bicyclic) bond motifs is 3. The molecule has 0 bridgehead atoms. The molecule has 1 heteroatoms. The zero-order valence-corrected chi connectivity index (χ0v) is 11.8. The van der Waals surface area contributed by atoms with Crippen LogP contribution in [0, 0.1) is 11.8 Å². The van der Waals surface area contributed by atoms with Crippen LogP contribution in [0.15, 0.2) is 24.3 Å². The molecule has 1 aromatic rings. The summed E-state index contributed by atoms with van der Waals surface area (Å²) in [5.41, 5.74) is 2.33. The third kappa shape index (κ3) is 2.23. The van der Waals surface area contributed by atoms with E-state index in [0.717, 1.165) is 17.9 Å². The lowest BCUT2D eigenvalue weighted by molar-refractivity contribution is 0.0879. The van der Waals surface area contributed by atoms with Gasteiger partial charge in [-0.15, -0.1) is 0 Å². The van der Waals surface area contributed by atoms with Crippen molar-refractivity contribution in [1.82, 2.24) is 0 Å². The fourth-order valence-corrected chi connectivity index (χ4v) is 3.61. The molecule has 0 aromatic heterocycles. The summed E-state index contributed by atoms with van der Waals surface area (Å²) >= 11 is 0. The Bertz CT molecular complexity index is 421. The Kier molecular flexibility index (Phi) is 4.21. The lowest BCUT2D eigenvalue weighted by Crippen LogP contribution is -2.32. The highest BCUT2D eigenvalue weighted by atomic mass is 16.1. The molecule has 1 unspecified atom stereocenters. The topological polar surface area (TPSA) is 17.1 Å². The summed E-state index contributed by atoms with van der Waals surface area (Å²) in [5.74, 6) is 2.34. The van der Waals surface area contributed by atoms with Crippen LogP contribution in [-0.2, 0) is 0 Å². The molecule has 18 heavy (non-hydrogen) atoms. The first-order valence-corrected chi connectivity index (χ1v) is 7.39. The van der Waals surface area contributed by atoms with E-state index in [0.29, 0.717) is 17.6 Å². The van der Waals surface area contributed by atoms with Gasteiger partial charge in [-0.3, -0.25) is 4.79 Å². The molecule has 0 aliphatic heterocycles. The van der Waals surface area contributed by atoms with E-state index in [4.69, 9.17) is 0 Å². The molecule has 0 heterocycles. The van der Waals surface area contributed by atoms with E-state index >= 15 is 0 Å². The van der Waals surface area contributed by atoms with Crippen molar-refractivity contribution in [3.63, 3.8) is 0 Å². The Hall–Kier alpha value is -1.11. The van der Waals surface area contributed by atoms with Crippen molar-refractivity contribution in [1.29, 1.82) is 0 Å². The van der Waals surface area contributed by atoms with Crippen LogP contribution < -0.4 is 0 Å². The normalized spacial score (nSPS) is 29.7. The number of rotatable bonds is 0. The maximum atomic E-state index is 12.1. The molecule has 0 spiro atoms. The van der Waals surface area contributed by atoms with Gasteiger partial charge in [0.15, 0.2) is 5.78 Å². The monoisotopic (exact) mass is 244 g/mol. The van der Waals surface area contributed by atoms with Crippen LogP contribution in [0.2, 0.25) is 0 Å². The van der Waals surface area contributed by atoms with Crippen molar-refractivity contribution >= 4 is 5.78 Å². The number of carbonyl (C=O) groups excluding carboxylic acids is 1. The summed E-state index contributed by atoms with van der Waals surface area (Å²) in [4.78, 5) is 12.1. The van der Waals surface area contributed by atoms with Gasteiger partial charge in [0, 0.05) is 12.0 Å². The van der Waals surface area contributed by atoms with Gasteiger partial charge in [-0.1, -0.05) is 57.9 Å². The van der Waals surface area contributed by atoms with Crippen LogP contribution in [0.1, 0.15) is 68.3 Å². The summed E-state index contributed by atoms with van der Waals surface area (Å²) < 4.78 is 0. The van der Waals surface area contributed by atoms with E-state index in [1.807, 2.05) is 26.0 Å². The average Bonchev–Trinajstić information content (AvgIpc) is 2.43. The first kappa shape index (κ1) is 13.3. The van der Waals surface area contributed by atoms with Crippen molar-refractivity contribution in [2.75, 3.05) is 0 Å². The zero-order chi connectivity index (χ0) is 13.1. The molecular weight excluding hydrogens is 220 g/mol. The molecule has 1 nitrogen and oxygen atoms in total. The van der Waals surface area contributed by atoms with Crippen molar-refractivity contribution in [2.24, 2.45) is 11.8 Å². The molecule has 2 aliphatic rings. The number of hydrogen-bond donors (Lipinski definition) is 0. The van der Waals surface area contributed by atoms with E-state index in [1.165, 1.54) is 24.8 Å². The molecule has 0 amide bonds. The van der Waals surface area contributed by atoms with Crippen LogP contribution in [0.5, 0.6) is 0 Å². The Morgan fingerprint density at radius 3 is 2.61 bits per heavy atom. The van der Waals surface area contributed by atoms with Crippen molar-refractivity contribution in [3.05, 3.63) is 35.4 Å². The minimum absolute atomic E-state index is 0.366. The zero-order valence-electron chi connectivity index (χ0n) is 11.8. The van der Waals surface area contributed by atoms with Crippen molar-refractivity contribution in [2.45, 2.75) is 52.4 Å². The summed E-state index contributed by atoms with van der Waals surface area (Å²) in [5, 5.41) is 0. The highest BCUT2D eigenvalue weighted by Gasteiger charge is 2.38. The van der Waals surface area contributed by atoms with Gasteiger partial charge in [-0.25, -0.2) is 0 Å². The SMILES string of the molecule is CC.C[C@H]1CCCC2c3ccccc3C(=O)C[C@@H]21. The standard InChI is InChI=1S/C15H18O.C2H6/c1-10-5-4-8-12-11-6-2-3-7-13(11)15(16)9-14(10)12;1-2/h2-3,6-7,10,12,14H,4-5,8-9H2,1H3;1-2H3/t10-,12?,14+;/m0./s1. The summed E-state index contributed by atoms with van der Waals surface area (Å²) in [6.07, 6.45) is 4.68. The minimum atomic E-state index is 0.366. The molecule has 3 atom stereocenters. The largest absolute Gasteiger partial charge is 0.294 e. The van der Waals surface area contributed by atoms with Crippen LogP contribution >= 0.6 is 0 Å². The van der Waals surface area contributed by atoms with Gasteiger partial charge in [-0.05, 0) is 29.7 Å². The predicted octanol–water partition coefficient (Wildman–Crippen LogP) is 4.82. The third-order valence-electron chi connectivity index (χ3n) is 4.50. The van der Waals surface area contributed by atoms with E-state index < -0.39 is 0 Å². The van der Waals surface area contributed by atoms with Gasteiger partial charge >= 0.3 is 0 Å². The maximum Gasteiger partial charge on any atom is 0.163 e. The number of ketones is 1. The number of carbonyl (C=O) groups is 1. The molecule has 2 aliphatic carbocycles. The first-order chi connectivity index (χ1) is 8.77. The molecule has 1 aromatic carbocycles. The fraction of sp³-hybridized carbons (Fsp3) is 0.588. The van der Waals surface area contributed by atoms with E-state index in [9.17, 15) is 4.79 Å². The highest BCUT2D eigenvalue weighted by Crippen LogP contribution is 2.47. The smallest absolute Gasteiger partial charge is 0.163 e. The second kappa shape index (κ2) is 5.69. The lowest BCUT2D eigenvalue weighted by Gasteiger charge is -2.40. The Morgan fingerprint density at radius 1 is 1.11 bits per heavy atom. The third-order valence-corrected chi connectivity index (χ3v) is 4.50. The second-order valence-corrected chi connectivity index (χ2v) is 5.39. The number of hydrogen-bond acceptors (Lipinski definition) is 1. The predicted molar refractivity (Wildman–Crippen MR) is 76.0 cm³/mol. The summed E-state index contributed by atoms with van der Waals surface area (Å²) in [6, 6.07) is 8.24. The highest BCUT2D eigenvalue weighted by molar-refractivity contribution is 5.99. The lowest BCUT2D eigenvalue weighted by atomic mass is 9.64. The Morgan fingerprint density at radius 2 is 1.83 bits per heavy atom. The molecular formula is C17H24O. The Balaban J connectivity index is 0.000000574. The van der Waals surface area contributed by atoms with Gasteiger partial charge in [0.1, 0.15) is 0 Å². The molecule has 1 fully saturated rings. The van der Waals surface area contributed by atoms with Crippen molar-refractivity contribution in [3.8, 4) is 0 Å². The first-order valence-electron chi connectivity index (χ1n) is 7.39.